The molecule has 0 aliphatic heterocycles. The first-order valence-electron chi connectivity index (χ1n) is 10.4. The van der Waals surface area contributed by atoms with Crippen LogP contribution in [-0.4, -0.2) is 42.0 Å². The van der Waals surface area contributed by atoms with Crippen LogP contribution in [0.5, 0.6) is 11.5 Å². The summed E-state index contributed by atoms with van der Waals surface area (Å²) in [6, 6.07) is 6.01. The van der Waals surface area contributed by atoms with E-state index < -0.39 is 0 Å². The zero-order valence-corrected chi connectivity index (χ0v) is 18.5. The van der Waals surface area contributed by atoms with E-state index in [0.717, 1.165) is 48.4 Å². The highest BCUT2D eigenvalue weighted by Crippen LogP contribution is 2.33. The van der Waals surface area contributed by atoms with Crippen molar-refractivity contribution in [3.05, 3.63) is 36.4 Å². The molecule has 0 spiro atoms. The third-order valence-electron chi connectivity index (χ3n) is 5.61. The molecule has 158 valence electrons. The Morgan fingerprint density at radius 3 is 2.66 bits per heavy atom. The Morgan fingerprint density at radius 1 is 1.24 bits per heavy atom. The number of thiocarbonyl (C=S) groups is 1. The van der Waals surface area contributed by atoms with Crippen LogP contribution >= 0.6 is 12.2 Å². The van der Waals surface area contributed by atoms with E-state index >= 15 is 0 Å². The monoisotopic (exact) mass is 416 g/mol. The van der Waals surface area contributed by atoms with Crippen LogP contribution in [0.2, 0.25) is 0 Å². The number of rotatable bonds is 9. The van der Waals surface area contributed by atoms with Crippen LogP contribution in [0.3, 0.4) is 0 Å². The van der Waals surface area contributed by atoms with Crippen molar-refractivity contribution in [2.45, 2.75) is 45.6 Å². The third-order valence-corrected chi connectivity index (χ3v) is 5.98. The Balaban J connectivity index is 1.65. The van der Waals surface area contributed by atoms with Crippen LogP contribution in [0.15, 0.2) is 30.7 Å². The maximum Gasteiger partial charge on any atom is 0.173 e. The number of hydrogen-bond acceptors (Lipinski definition) is 4. The van der Waals surface area contributed by atoms with E-state index in [1.54, 1.807) is 14.2 Å². The summed E-state index contributed by atoms with van der Waals surface area (Å²) >= 11 is 5.80. The lowest BCUT2D eigenvalue weighted by atomic mass is 10.1. The maximum absolute atomic E-state index is 5.80. The van der Waals surface area contributed by atoms with E-state index in [0.29, 0.717) is 5.92 Å². The largest absolute Gasteiger partial charge is 0.493 e. The van der Waals surface area contributed by atoms with Gasteiger partial charge in [-0.25, -0.2) is 4.98 Å². The summed E-state index contributed by atoms with van der Waals surface area (Å²) in [6.07, 6.45) is 9.92. The molecule has 29 heavy (non-hydrogen) atoms. The predicted molar refractivity (Wildman–Crippen MR) is 121 cm³/mol. The van der Waals surface area contributed by atoms with Gasteiger partial charge in [-0.1, -0.05) is 12.8 Å². The lowest BCUT2D eigenvalue weighted by Gasteiger charge is -2.29. The number of aromatic nitrogens is 2. The van der Waals surface area contributed by atoms with Crippen molar-refractivity contribution in [1.29, 1.82) is 0 Å². The molecule has 1 aliphatic rings. The topological polar surface area (TPSA) is 51.5 Å². The molecule has 0 amide bonds. The SMILES string of the molecule is COc1ccc(N(CC2CCCC2)C(=S)NCCCn2cncc2C)cc1OC. The normalized spacial score (nSPS) is 14.0. The first-order valence-corrected chi connectivity index (χ1v) is 10.8. The van der Waals surface area contributed by atoms with Gasteiger partial charge in [-0.3, -0.25) is 0 Å². The molecule has 0 bridgehead atoms. The molecular formula is C22H32N4O2S. The molecule has 1 aromatic carbocycles. The van der Waals surface area contributed by atoms with E-state index in [-0.39, 0.29) is 0 Å². The van der Waals surface area contributed by atoms with Gasteiger partial charge in [-0.2, -0.15) is 0 Å². The predicted octanol–water partition coefficient (Wildman–Crippen LogP) is 4.17. The van der Waals surface area contributed by atoms with Crippen molar-refractivity contribution >= 4 is 23.0 Å². The van der Waals surface area contributed by atoms with Crippen molar-refractivity contribution in [1.82, 2.24) is 14.9 Å². The fourth-order valence-electron chi connectivity index (χ4n) is 3.91. The number of methoxy groups -OCH3 is 2. The second-order valence-corrected chi connectivity index (χ2v) is 8.00. The molecule has 0 saturated heterocycles. The number of benzene rings is 1. The van der Waals surface area contributed by atoms with Gasteiger partial charge in [0.2, 0.25) is 0 Å². The molecule has 1 saturated carbocycles. The van der Waals surface area contributed by atoms with E-state index in [1.807, 2.05) is 24.7 Å². The van der Waals surface area contributed by atoms with Gasteiger partial charge in [0.15, 0.2) is 16.6 Å². The van der Waals surface area contributed by atoms with Gasteiger partial charge >= 0.3 is 0 Å². The molecule has 0 radical (unpaired) electrons. The van der Waals surface area contributed by atoms with E-state index in [4.69, 9.17) is 21.7 Å². The second kappa shape index (κ2) is 10.5. The zero-order valence-electron chi connectivity index (χ0n) is 17.7. The molecule has 7 heteroatoms. The maximum atomic E-state index is 5.80. The standard InChI is InChI=1S/C22H32N4O2S/c1-17-14-23-16-25(17)12-6-11-24-22(29)26(15-18-7-4-5-8-18)19-9-10-20(27-2)21(13-19)28-3/h9-10,13-14,16,18H,4-8,11-12,15H2,1-3H3,(H,24,29). The van der Waals surface area contributed by atoms with Gasteiger partial charge in [0.1, 0.15) is 0 Å². The Morgan fingerprint density at radius 2 is 2.00 bits per heavy atom. The van der Waals surface area contributed by atoms with Crippen LogP contribution in [-0.2, 0) is 6.54 Å². The third kappa shape index (κ3) is 5.63. The number of nitrogens with zero attached hydrogens (tertiary/aromatic N) is 3. The highest BCUT2D eigenvalue weighted by molar-refractivity contribution is 7.80. The fourth-order valence-corrected chi connectivity index (χ4v) is 4.19. The average Bonchev–Trinajstić information content (AvgIpc) is 3.40. The molecule has 2 aromatic rings. The summed E-state index contributed by atoms with van der Waals surface area (Å²) in [5.74, 6) is 2.13. The van der Waals surface area contributed by atoms with Crippen molar-refractivity contribution < 1.29 is 9.47 Å². The smallest absolute Gasteiger partial charge is 0.173 e. The van der Waals surface area contributed by atoms with Gasteiger partial charge < -0.3 is 24.3 Å². The van der Waals surface area contributed by atoms with Gasteiger partial charge in [0, 0.05) is 43.3 Å². The molecule has 3 rings (SSSR count). The number of imidazole rings is 1. The van der Waals surface area contributed by atoms with Crippen molar-refractivity contribution in [3.63, 3.8) is 0 Å². The Bertz CT molecular complexity index is 802. The minimum Gasteiger partial charge on any atom is -0.493 e. The van der Waals surface area contributed by atoms with Gasteiger partial charge in [0.25, 0.3) is 0 Å². The molecule has 6 nitrogen and oxygen atoms in total. The molecule has 0 atom stereocenters. The first-order chi connectivity index (χ1) is 14.1. The lowest BCUT2D eigenvalue weighted by molar-refractivity contribution is 0.355. The van der Waals surface area contributed by atoms with Crippen LogP contribution < -0.4 is 19.7 Å². The van der Waals surface area contributed by atoms with Crippen molar-refractivity contribution in [2.75, 3.05) is 32.2 Å². The number of ether oxygens (including phenoxy) is 2. The van der Waals surface area contributed by atoms with Gasteiger partial charge in [-0.15, -0.1) is 0 Å². The number of nitrogens with one attached hydrogen (secondary N) is 1. The highest BCUT2D eigenvalue weighted by atomic mass is 32.1. The lowest BCUT2D eigenvalue weighted by Crippen LogP contribution is -2.42. The van der Waals surface area contributed by atoms with E-state index in [2.05, 4.69) is 32.8 Å². The average molecular weight is 417 g/mol. The van der Waals surface area contributed by atoms with Crippen LogP contribution in [0, 0.1) is 12.8 Å². The Labute approximate surface area is 179 Å². The summed E-state index contributed by atoms with van der Waals surface area (Å²) in [6.45, 7) is 4.76. The summed E-state index contributed by atoms with van der Waals surface area (Å²) in [5, 5.41) is 4.22. The van der Waals surface area contributed by atoms with Gasteiger partial charge in [-0.05, 0) is 56.5 Å². The summed E-state index contributed by atoms with van der Waals surface area (Å²) in [7, 11) is 3.32. The zero-order chi connectivity index (χ0) is 20.6. The second-order valence-electron chi connectivity index (χ2n) is 7.61. The fraction of sp³-hybridized carbons (Fsp3) is 0.545. The molecule has 1 fully saturated rings. The Hall–Kier alpha value is -2.28. The Kier molecular flexibility index (Phi) is 7.75. The summed E-state index contributed by atoms with van der Waals surface area (Å²) < 4.78 is 13.1. The molecule has 1 heterocycles. The molecular weight excluding hydrogens is 384 g/mol. The molecule has 1 N–H and O–H groups in total. The first kappa shape index (κ1) is 21.4. The molecule has 0 unspecified atom stereocenters. The number of hydrogen-bond donors (Lipinski definition) is 1. The molecule has 1 aliphatic carbocycles. The van der Waals surface area contributed by atoms with Crippen molar-refractivity contribution in [3.8, 4) is 11.5 Å². The highest BCUT2D eigenvalue weighted by Gasteiger charge is 2.22. The van der Waals surface area contributed by atoms with Crippen LogP contribution in [0.4, 0.5) is 5.69 Å². The van der Waals surface area contributed by atoms with Gasteiger partial charge in [0.05, 0.1) is 20.5 Å². The summed E-state index contributed by atoms with van der Waals surface area (Å²) in [5.41, 5.74) is 2.22. The van der Waals surface area contributed by atoms with Crippen molar-refractivity contribution in [2.24, 2.45) is 5.92 Å². The summed E-state index contributed by atoms with van der Waals surface area (Å²) in [4.78, 5) is 6.40. The molecule has 1 aromatic heterocycles. The van der Waals surface area contributed by atoms with Crippen LogP contribution in [0.25, 0.3) is 0 Å². The van der Waals surface area contributed by atoms with Crippen LogP contribution in [0.1, 0.15) is 37.8 Å². The van der Waals surface area contributed by atoms with E-state index in [1.165, 1.54) is 31.4 Å². The minimum absolute atomic E-state index is 0.677. The number of anilines is 1. The quantitative estimate of drug-likeness (QED) is 0.489. The number of aryl methyl sites for hydroxylation is 2. The minimum atomic E-state index is 0.677. The van der Waals surface area contributed by atoms with E-state index in [9.17, 15) is 0 Å².